The third kappa shape index (κ3) is 5.45. The molecule has 2 aromatic rings. The van der Waals surface area contributed by atoms with E-state index in [1.807, 2.05) is 24.3 Å². The predicted octanol–water partition coefficient (Wildman–Crippen LogP) is 0.816. The molecule has 1 aromatic heterocycles. The van der Waals surface area contributed by atoms with E-state index in [0.717, 1.165) is 17.4 Å². The first-order valence-electron chi connectivity index (χ1n) is 7.00. The van der Waals surface area contributed by atoms with Gasteiger partial charge in [0.25, 0.3) is 0 Å². The minimum Gasteiger partial charge on any atom is -0.441 e. The van der Waals surface area contributed by atoms with Crippen LogP contribution in [0.4, 0.5) is 0 Å². The van der Waals surface area contributed by atoms with Gasteiger partial charge in [0, 0.05) is 25.9 Å². The van der Waals surface area contributed by atoms with Crippen LogP contribution in [-0.4, -0.2) is 38.7 Å². The third-order valence-electron chi connectivity index (χ3n) is 2.94. The van der Waals surface area contributed by atoms with Gasteiger partial charge in [-0.2, -0.15) is 0 Å². The van der Waals surface area contributed by atoms with Crippen molar-refractivity contribution in [3.05, 3.63) is 30.2 Å². The van der Waals surface area contributed by atoms with Gasteiger partial charge in [0.2, 0.25) is 15.9 Å². The Hall–Kier alpha value is -1.93. The summed E-state index contributed by atoms with van der Waals surface area (Å²) >= 11 is 0. The van der Waals surface area contributed by atoms with Crippen molar-refractivity contribution >= 4 is 27.0 Å². The standard InChI is InChI=1S/C14H19N3O4S/c1-22(19,20)16-10-8-13(18)15-9-4-7-14-17-11-5-2-3-6-12(11)21-14/h2-3,5-6,16H,4,7-10H2,1H3,(H,15,18). The Morgan fingerprint density at radius 2 is 2.05 bits per heavy atom. The first-order chi connectivity index (χ1) is 10.4. The molecule has 0 radical (unpaired) electrons. The van der Waals surface area contributed by atoms with Gasteiger partial charge in [0.15, 0.2) is 11.5 Å². The normalized spacial score (nSPS) is 11.7. The maximum atomic E-state index is 11.5. The zero-order valence-electron chi connectivity index (χ0n) is 12.3. The maximum Gasteiger partial charge on any atom is 0.221 e. The molecule has 0 unspecified atom stereocenters. The highest BCUT2D eigenvalue weighted by Crippen LogP contribution is 2.15. The van der Waals surface area contributed by atoms with Crippen LogP contribution < -0.4 is 10.0 Å². The number of para-hydroxylation sites is 2. The quantitative estimate of drug-likeness (QED) is 0.700. The summed E-state index contributed by atoms with van der Waals surface area (Å²) in [5.74, 6) is 0.461. The first kappa shape index (κ1) is 16.4. The number of nitrogens with zero attached hydrogens (tertiary/aromatic N) is 1. The lowest BCUT2D eigenvalue weighted by Crippen LogP contribution is -2.30. The summed E-state index contributed by atoms with van der Waals surface area (Å²) in [7, 11) is -3.24. The van der Waals surface area contributed by atoms with Crippen LogP contribution in [0.5, 0.6) is 0 Å². The van der Waals surface area contributed by atoms with Gasteiger partial charge in [-0.3, -0.25) is 4.79 Å². The van der Waals surface area contributed by atoms with Crippen molar-refractivity contribution in [2.45, 2.75) is 19.3 Å². The predicted molar refractivity (Wildman–Crippen MR) is 82.8 cm³/mol. The SMILES string of the molecule is CS(=O)(=O)NCCC(=O)NCCCc1nc2ccccc2o1. The molecule has 1 aromatic carbocycles. The minimum atomic E-state index is -3.24. The number of fused-ring (bicyclic) bond motifs is 1. The number of oxazole rings is 1. The minimum absolute atomic E-state index is 0.107. The fourth-order valence-corrected chi connectivity index (χ4v) is 2.41. The highest BCUT2D eigenvalue weighted by molar-refractivity contribution is 7.88. The Balaban J connectivity index is 1.65. The van der Waals surface area contributed by atoms with Crippen molar-refractivity contribution in [3.63, 3.8) is 0 Å². The number of benzene rings is 1. The summed E-state index contributed by atoms with van der Waals surface area (Å²) < 4.78 is 29.5. The number of hydrogen-bond donors (Lipinski definition) is 2. The lowest BCUT2D eigenvalue weighted by atomic mass is 10.3. The van der Waals surface area contributed by atoms with E-state index in [2.05, 4.69) is 15.0 Å². The molecule has 0 aliphatic rings. The summed E-state index contributed by atoms with van der Waals surface area (Å²) in [6.45, 7) is 0.603. The van der Waals surface area contributed by atoms with Gasteiger partial charge < -0.3 is 9.73 Å². The Morgan fingerprint density at radius 1 is 1.27 bits per heavy atom. The number of nitrogens with one attached hydrogen (secondary N) is 2. The topological polar surface area (TPSA) is 101 Å². The van der Waals surface area contributed by atoms with Gasteiger partial charge >= 0.3 is 0 Å². The number of sulfonamides is 1. The van der Waals surface area contributed by atoms with Crippen LogP contribution in [0.3, 0.4) is 0 Å². The van der Waals surface area contributed by atoms with E-state index in [1.165, 1.54) is 0 Å². The van der Waals surface area contributed by atoms with Crippen LogP contribution in [0.25, 0.3) is 11.1 Å². The second-order valence-electron chi connectivity index (χ2n) is 4.95. The number of hydrogen-bond acceptors (Lipinski definition) is 5. The van der Waals surface area contributed by atoms with Gasteiger partial charge in [-0.25, -0.2) is 18.1 Å². The molecular formula is C14H19N3O4S. The summed E-state index contributed by atoms with van der Waals surface area (Å²) in [5, 5.41) is 2.73. The summed E-state index contributed by atoms with van der Waals surface area (Å²) in [6, 6.07) is 7.54. The van der Waals surface area contributed by atoms with Crippen molar-refractivity contribution in [1.82, 2.24) is 15.0 Å². The summed E-state index contributed by atoms with van der Waals surface area (Å²) in [4.78, 5) is 15.8. The molecule has 2 N–H and O–H groups in total. The van der Waals surface area contributed by atoms with Crippen LogP contribution in [0.15, 0.2) is 28.7 Å². The maximum absolute atomic E-state index is 11.5. The Labute approximate surface area is 129 Å². The Bertz CT molecular complexity index is 706. The number of aromatic nitrogens is 1. The van der Waals surface area contributed by atoms with E-state index in [4.69, 9.17) is 4.42 Å². The summed E-state index contributed by atoms with van der Waals surface area (Å²) in [5.41, 5.74) is 1.58. The van der Waals surface area contributed by atoms with Crippen LogP contribution in [-0.2, 0) is 21.2 Å². The fourth-order valence-electron chi connectivity index (χ4n) is 1.93. The molecule has 0 bridgehead atoms. The van der Waals surface area contributed by atoms with Crippen LogP contribution in [0.1, 0.15) is 18.7 Å². The van der Waals surface area contributed by atoms with Gasteiger partial charge in [0.1, 0.15) is 5.52 Å². The molecule has 0 saturated carbocycles. The van der Waals surface area contributed by atoms with Crippen molar-refractivity contribution in [3.8, 4) is 0 Å². The molecule has 7 nitrogen and oxygen atoms in total. The smallest absolute Gasteiger partial charge is 0.221 e. The second-order valence-corrected chi connectivity index (χ2v) is 6.78. The molecule has 0 aliphatic heterocycles. The zero-order chi connectivity index (χ0) is 16.0. The van der Waals surface area contributed by atoms with Gasteiger partial charge in [-0.15, -0.1) is 0 Å². The molecule has 2 rings (SSSR count). The second kappa shape index (κ2) is 7.37. The summed E-state index contributed by atoms with van der Waals surface area (Å²) in [6.07, 6.45) is 2.52. The highest BCUT2D eigenvalue weighted by atomic mass is 32.2. The number of carbonyl (C=O) groups excluding carboxylic acids is 1. The van der Waals surface area contributed by atoms with Crippen LogP contribution in [0.2, 0.25) is 0 Å². The molecule has 120 valence electrons. The lowest BCUT2D eigenvalue weighted by molar-refractivity contribution is -0.120. The average Bonchev–Trinajstić information content (AvgIpc) is 2.85. The number of rotatable bonds is 8. The molecule has 0 spiro atoms. The number of aryl methyl sites for hydroxylation is 1. The van der Waals surface area contributed by atoms with Crippen molar-refractivity contribution in [1.29, 1.82) is 0 Å². The fraction of sp³-hybridized carbons (Fsp3) is 0.429. The molecule has 1 heterocycles. The highest BCUT2D eigenvalue weighted by Gasteiger charge is 2.06. The Kier molecular flexibility index (Phi) is 5.51. The van der Waals surface area contributed by atoms with E-state index in [9.17, 15) is 13.2 Å². The molecule has 0 saturated heterocycles. The average molecular weight is 325 g/mol. The number of amides is 1. The lowest BCUT2D eigenvalue weighted by Gasteiger charge is -2.04. The van der Waals surface area contributed by atoms with E-state index < -0.39 is 10.0 Å². The first-order valence-corrected chi connectivity index (χ1v) is 8.89. The van der Waals surface area contributed by atoms with Gasteiger partial charge in [-0.05, 0) is 18.6 Å². The van der Waals surface area contributed by atoms with E-state index >= 15 is 0 Å². The molecule has 22 heavy (non-hydrogen) atoms. The Morgan fingerprint density at radius 3 is 2.77 bits per heavy atom. The molecule has 8 heteroatoms. The van der Waals surface area contributed by atoms with Crippen LogP contribution in [0, 0.1) is 0 Å². The van der Waals surface area contributed by atoms with E-state index in [0.29, 0.717) is 25.3 Å². The van der Waals surface area contributed by atoms with Crippen molar-refractivity contribution < 1.29 is 17.6 Å². The molecule has 0 atom stereocenters. The van der Waals surface area contributed by atoms with Gasteiger partial charge in [-0.1, -0.05) is 12.1 Å². The largest absolute Gasteiger partial charge is 0.441 e. The van der Waals surface area contributed by atoms with E-state index in [-0.39, 0.29) is 18.9 Å². The van der Waals surface area contributed by atoms with Gasteiger partial charge in [0.05, 0.1) is 6.26 Å². The van der Waals surface area contributed by atoms with Crippen LogP contribution >= 0.6 is 0 Å². The van der Waals surface area contributed by atoms with E-state index in [1.54, 1.807) is 0 Å². The third-order valence-corrected chi connectivity index (χ3v) is 3.67. The zero-order valence-corrected chi connectivity index (χ0v) is 13.1. The molecular weight excluding hydrogens is 306 g/mol. The van der Waals surface area contributed by atoms with Crippen molar-refractivity contribution in [2.75, 3.05) is 19.3 Å². The number of carbonyl (C=O) groups is 1. The molecule has 0 aliphatic carbocycles. The van der Waals surface area contributed by atoms with Crippen molar-refractivity contribution in [2.24, 2.45) is 0 Å². The molecule has 1 amide bonds. The molecule has 0 fully saturated rings. The monoisotopic (exact) mass is 325 g/mol.